The van der Waals surface area contributed by atoms with Gasteiger partial charge in [0.05, 0.1) is 0 Å². The van der Waals surface area contributed by atoms with Crippen LogP contribution < -0.4 is 5.73 Å². The molecule has 0 aliphatic carbocycles. The lowest BCUT2D eigenvalue weighted by atomic mass is 10.5. The van der Waals surface area contributed by atoms with Crippen LogP contribution in [-0.2, 0) is 9.36 Å². The van der Waals surface area contributed by atoms with Crippen molar-refractivity contribution in [2.24, 2.45) is 5.73 Å². The predicted octanol–water partition coefficient (Wildman–Crippen LogP) is 0.622. The van der Waals surface area contributed by atoms with Gasteiger partial charge in [-0.1, -0.05) is 13.0 Å². The third kappa shape index (κ3) is 24.6. The van der Waals surface area contributed by atoms with E-state index in [-0.39, 0.29) is 6.16 Å². The van der Waals surface area contributed by atoms with Crippen molar-refractivity contribution in [2.75, 3.05) is 6.16 Å². The van der Waals surface area contributed by atoms with Crippen LogP contribution in [0.2, 0.25) is 0 Å². The number of nitrogens with two attached hydrogens (primary N) is 1. The van der Waals surface area contributed by atoms with Crippen LogP contribution in [0.15, 0.2) is 12.2 Å². The summed E-state index contributed by atoms with van der Waals surface area (Å²) in [5, 5.41) is 0. The smallest absolute Gasteiger partial charge is 0.325 e. The van der Waals surface area contributed by atoms with E-state index < -0.39 is 13.5 Å². The lowest BCUT2D eigenvalue weighted by Crippen LogP contribution is -2.04. The average Bonchev–Trinajstić information content (AvgIpc) is 1.84. The molecule has 0 heterocycles. The highest BCUT2D eigenvalue weighted by molar-refractivity contribution is 7.51. The summed E-state index contributed by atoms with van der Waals surface area (Å²) >= 11 is 0. The van der Waals surface area contributed by atoms with E-state index in [9.17, 15) is 9.36 Å². The van der Waals surface area contributed by atoms with Crippen LogP contribution in [0.25, 0.3) is 0 Å². The third-order valence-corrected chi connectivity index (χ3v) is 1.88. The van der Waals surface area contributed by atoms with Gasteiger partial charge in [-0.05, 0) is 19.4 Å². The minimum Gasteiger partial charge on any atom is -0.366 e. The second-order valence-corrected chi connectivity index (χ2v) is 4.07. The Bertz CT molecular complexity index is 209. The highest BCUT2D eigenvalue weighted by atomic mass is 31.2. The summed E-state index contributed by atoms with van der Waals surface area (Å²) in [6.45, 7) is 3.48. The number of primary amides is 1. The van der Waals surface area contributed by atoms with Gasteiger partial charge < -0.3 is 15.5 Å². The molecule has 0 bridgehead atoms. The van der Waals surface area contributed by atoms with E-state index in [4.69, 9.17) is 9.79 Å². The molecule has 13 heavy (non-hydrogen) atoms. The monoisotopic (exact) mass is 209 g/mol. The van der Waals surface area contributed by atoms with E-state index in [0.29, 0.717) is 6.42 Å². The Morgan fingerprint density at radius 2 is 2.00 bits per heavy atom. The zero-order valence-corrected chi connectivity index (χ0v) is 8.70. The topological polar surface area (TPSA) is 101 Å². The molecule has 0 aromatic carbocycles. The molecule has 78 valence electrons. The molecule has 0 aliphatic rings. The summed E-state index contributed by atoms with van der Waals surface area (Å²) in [5.41, 5.74) is 4.68. The molecule has 0 rings (SSSR count). The quantitative estimate of drug-likeness (QED) is 0.468. The van der Waals surface area contributed by atoms with Gasteiger partial charge in [0.15, 0.2) is 0 Å². The largest absolute Gasteiger partial charge is 0.366 e. The molecule has 0 aliphatic heterocycles. The van der Waals surface area contributed by atoms with Crippen LogP contribution in [0.5, 0.6) is 0 Å². The van der Waals surface area contributed by atoms with Crippen LogP contribution in [-0.4, -0.2) is 21.9 Å². The molecule has 0 saturated heterocycles. The summed E-state index contributed by atoms with van der Waals surface area (Å²) in [4.78, 5) is 26.0. The lowest BCUT2D eigenvalue weighted by Gasteiger charge is -1.96. The lowest BCUT2D eigenvalue weighted by molar-refractivity contribution is -0.113. The second-order valence-electron chi connectivity index (χ2n) is 2.29. The van der Waals surface area contributed by atoms with Gasteiger partial charge in [0.1, 0.15) is 0 Å². The Hall–Kier alpha value is -0.640. The summed E-state index contributed by atoms with van der Waals surface area (Å²) in [6.07, 6.45) is 3.46. The van der Waals surface area contributed by atoms with Gasteiger partial charge in [-0.15, -0.1) is 0 Å². The van der Waals surface area contributed by atoms with Crippen molar-refractivity contribution in [3.63, 3.8) is 0 Å². The van der Waals surface area contributed by atoms with Crippen molar-refractivity contribution >= 4 is 13.5 Å². The third-order valence-electron chi connectivity index (χ3n) is 0.846. The molecule has 5 nitrogen and oxygen atoms in total. The fraction of sp³-hybridized carbons (Fsp3) is 0.571. The van der Waals surface area contributed by atoms with Crippen molar-refractivity contribution < 1.29 is 19.1 Å². The zero-order valence-electron chi connectivity index (χ0n) is 7.80. The average molecular weight is 209 g/mol. The molecule has 0 aromatic heterocycles. The highest BCUT2D eigenvalue weighted by Gasteiger charge is 2.08. The molecule has 0 unspecified atom stereocenters. The first-order chi connectivity index (χ1) is 5.83. The van der Waals surface area contributed by atoms with Gasteiger partial charge in [-0.3, -0.25) is 9.36 Å². The standard InChI is InChI=1S/C4H7NO.C3H9O3P/c1-2-3-4(5)6;1-2-3-7(4,5)6/h2-3H,1H3,(H2,5,6);2-3H2,1H3,(H2,4,5,6). The number of allylic oxidation sites excluding steroid dienone is 1. The first kappa shape index (κ1) is 14.9. The minimum absolute atomic E-state index is 0.00694. The van der Waals surface area contributed by atoms with Crippen LogP contribution >= 0.6 is 7.60 Å². The highest BCUT2D eigenvalue weighted by Crippen LogP contribution is 2.34. The molecule has 4 N–H and O–H groups in total. The first-order valence-electron chi connectivity index (χ1n) is 3.80. The van der Waals surface area contributed by atoms with E-state index >= 15 is 0 Å². The maximum absolute atomic E-state index is 9.93. The molecule has 1 amide bonds. The van der Waals surface area contributed by atoms with Gasteiger partial charge in [-0.25, -0.2) is 0 Å². The van der Waals surface area contributed by atoms with Crippen LogP contribution in [0.4, 0.5) is 0 Å². The zero-order chi connectivity index (χ0) is 10.9. The second kappa shape index (κ2) is 7.98. The van der Waals surface area contributed by atoms with Crippen LogP contribution in [0.3, 0.4) is 0 Å². The molecule has 0 radical (unpaired) electrons. The van der Waals surface area contributed by atoms with Gasteiger partial charge in [0, 0.05) is 6.16 Å². The Kier molecular flexibility index (Phi) is 9.12. The molecule has 0 spiro atoms. The van der Waals surface area contributed by atoms with Crippen LogP contribution in [0.1, 0.15) is 20.3 Å². The fourth-order valence-electron chi connectivity index (χ4n) is 0.456. The fourth-order valence-corrected chi connectivity index (χ4v) is 1.04. The maximum Gasteiger partial charge on any atom is 0.325 e. The maximum atomic E-state index is 9.93. The van der Waals surface area contributed by atoms with E-state index in [1.54, 1.807) is 19.9 Å². The van der Waals surface area contributed by atoms with Gasteiger partial charge in [-0.2, -0.15) is 0 Å². The Balaban J connectivity index is 0. The van der Waals surface area contributed by atoms with Gasteiger partial charge >= 0.3 is 7.60 Å². The molecule has 6 heteroatoms. The summed E-state index contributed by atoms with van der Waals surface area (Å²) in [7, 11) is -3.67. The summed E-state index contributed by atoms with van der Waals surface area (Å²) in [6, 6.07) is 0. The number of hydrogen-bond donors (Lipinski definition) is 3. The van der Waals surface area contributed by atoms with E-state index in [0.717, 1.165) is 0 Å². The van der Waals surface area contributed by atoms with Crippen molar-refractivity contribution in [3.05, 3.63) is 12.2 Å². The SMILES string of the molecule is CC=CC(N)=O.CCCP(=O)(O)O. The minimum atomic E-state index is -3.67. The Morgan fingerprint density at radius 3 is 2.00 bits per heavy atom. The number of amides is 1. The van der Waals surface area contributed by atoms with E-state index in [1.807, 2.05) is 0 Å². The van der Waals surface area contributed by atoms with E-state index in [2.05, 4.69) is 5.73 Å². The first-order valence-corrected chi connectivity index (χ1v) is 5.60. The molecule has 0 saturated carbocycles. The van der Waals surface area contributed by atoms with Gasteiger partial charge in [0.2, 0.25) is 5.91 Å². The Labute approximate surface area is 77.8 Å². The number of rotatable bonds is 3. The van der Waals surface area contributed by atoms with Crippen molar-refractivity contribution in [3.8, 4) is 0 Å². The summed E-state index contributed by atoms with van der Waals surface area (Å²) < 4.78 is 9.93. The number of hydrogen-bond acceptors (Lipinski definition) is 2. The Morgan fingerprint density at radius 1 is 1.54 bits per heavy atom. The number of carbonyl (C=O) groups excluding carboxylic acids is 1. The van der Waals surface area contributed by atoms with Crippen molar-refractivity contribution in [2.45, 2.75) is 20.3 Å². The molecular formula is C7H16NO4P. The number of carbonyl (C=O) groups is 1. The van der Waals surface area contributed by atoms with Crippen molar-refractivity contribution in [1.29, 1.82) is 0 Å². The van der Waals surface area contributed by atoms with Gasteiger partial charge in [0.25, 0.3) is 0 Å². The van der Waals surface area contributed by atoms with Crippen LogP contribution in [0, 0.1) is 0 Å². The van der Waals surface area contributed by atoms with E-state index in [1.165, 1.54) is 6.08 Å². The normalized spacial score (nSPS) is 10.8. The molecule has 0 atom stereocenters. The summed E-state index contributed by atoms with van der Waals surface area (Å²) in [5.74, 6) is -0.391. The molecular weight excluding hydrogens is 193 g/mol. The van der Waals surface area contributed by atoms with Crippen molar-refractivity contribution in [1.82, 2.24) is 0 Å². The molecule has 0 aromatic rings. The molecule has 0 fully saturated rings. The predicted molar refractivity (Wildman–Crippen MR) is 51.2 cm³/mol.